The SMILES string of the molecule is CC=C1C=CC(C(C)(C)C)=C1. The van der Waals surface area contributed by atoms with Crippen LogP contribution in [0.1, 0.15) is 27.7 Å². The van der Waals surface area contributed by atoms with E-state index >= 15 is 0 Å². The summed E-state index contributed by atoms with van der Waals surface area (Å²) in [7, 11) is 0. The number of hydrogen-bond acceptors (Lipinski definition) is 0. The molecular formula is C11H16. The van der Waals surface area contributed by atoms with Crippen molar-refractivity contribution in [2.45, 2.75) is 27.7 Å². The molecule has 0 amide bonds. The van der Waals surface area contributed by atoms with Crippen LogP contribution in [0.15, 0.2) is 35.5 Å². The lowest BCUT2D eigenvalue weighted by molar-refractivity contribution is 0.518. The molecule has 1 rings (SSSR count). The van der Waals surface area contributed by atoms with Crippen molar-refractivity contribution in [2.75, 3.05) is 0 Å². The number of allylic oxidation sites excluding steroid dienone is 6. The second-order valence-corrected chi connectivity index (χ2v) is 3.97. The van der Waals surface area contributed by atoms with Crippen LogP contribution >= 0.6 is 0 Å². The fourth-order valence-electron chi connectivity index (χ4n) is 1.11. The molecule has 0 heterocycles. The van der Waals surface area contributed by atoms with Crippen LogP contribution in [0.4, 0.5) is 0 Å². The van der Waals surface area contributed by atoms with E-state index in [4.69, 9.17) is 0 Å². The third-order valence-electron chi connectivity index (χ3n) is 1.98. The topological polar surface area (TPSA) is 0 Å². The van der Waals surface area contributed by atoms with E-state index in [0.29, 0.717) is 5.41 Å². The van der Waals surface area contributed by atoms with E-state index in [1.165, 1.54) is 11.1 Å². The lowest BCUT2D eigenvalue weighted by Gasteiger charge is -2.17. The van der Waals surface area contributed by atoms with Crippen LogP contribution in [0.3, 0.4) is 0 Å². The highest BCUT2D eigenvalue weighted by Crippen LogP contribution is 2.31. The molecule has 0 nitrogen and oxygen atoms in total. The summed E-state index contributed by atoms with van der Waals surface area (Å²) in [5, 5.41) is 0. The van der Waals surface area contributed by atoms with Crippen LogP contribution < -0.4 is 0 Å². The van der Waals surface area contributed by atoms with Crippen molar-refractivity contribution in [3.8, 4) is 0 Å². The first-order valence-electron chi connectivity index (χ1n) is 4.10. The van der Waals surface area contributed by atoms with Crippen molar-refractivity contribution in [3.05, 3.63) is 35.5 Å². The summed E-state index contributed by atoms with van der Waals surface area (Å²) in [6.07, 6.45) is 8.76. The van der Waals surface area contributed by atoms with Crippen LogP contribution in [0.5, 0.6) is 0 Å². The molecule has 60 valence electrons. The van der Waals surface area contributed by atoms with Gasteiger partial charge < -0.3 is 0 Å². The first kappa shape index (κ1) is 8.32. The molecule has 0 atom stereocenters. The zero-order chi connectivity index (χ0) is 8.48. The molecule has 0 aromatic rings. The average molecular weight is 148 g/mol. The van der Waals surface area contributed by atoms with Crippen molar-refractivity contribution in [1.29, 1.82) is 0 Å². The predicted octanol–water partition coefficient (Wildman–Crippen LogP) is 3.48. The van der Waals surface area contributed by atoms with Gasteiger partial charge in [0.2, 0.25) is 0 Å². The summed E-state index contributed by atoms with van der Waals surface area (Å²) in [5.74, 6) is 0. The first-order chi connectivity index (χ1) is 5.04. The normalized spacial score (nSPS) is 21.1. The molecule has 0 saturated carbocycles. The molecule has 0 fully saturated rings. The number of rotatable bonds is 0. The average Bonchev–Trinajstić information content (AvgIpc) is 2.32. The minimum atomic E-state index is 0.293. The Hall–Kier alpha value is -0.780. The maximum absolute atomic E-state index is 2.25. The molecule has 0 unspecified atom stereocenters. The smallest absolute Gasteiger partial charge is 0.0132 e. The Kier molecular flexibility index (Phi) is 2.03. The van der Waals surface area contributed by atoms with Gasteiger partial charge in [0.15, 0.2) is 0 Å². The Morgan fingerprint density at radius 2 is 1.82 bits per heavy atom. The van der Waals surface area contributed by atoms with E-state index in [-0.39, 0.29) is 0 Å². The zero-order valence-electron chi connectivity index (χ0n) is 7.81. The Labute approximate surface area is 69.3 Å². The minimum Gasteiger partial charge on any atom is -0.0804 e. The van der Waals surface area contributed by atoms with E-state index < -0.39 is 0 Å². The zero-order valence-corrected chi connectivity index (χ0v) is 7.81. The highest BCUT2D eigenvalue weighted by molar-refractivity contribution is 5.47. The van der Waals surface area contributed by atoms with E-state index in [0.717, 1.165) is 0 Å². The molecule has 0 bridgehead atoms. The second-order valence-electron chi connectivity index (χ2n) is 3.97. The van der Waals surface area contributed by atoms with Gasteiger partial charge >= 0.3 is 0 Å². The summed E-state index contributed by atoms with van der Waals surface area (Å²) in [6, 6.07) is 0. The Morgan fingerprint density at radius 3 is 2.09 bits per heavy atom. The molecule has 1 aliphatic carbocycles. The van der Waals surface area contributed by atoms with Gasteiger partial charge in [0.05, 0.1) is 0 Å². The van der Waals surface area contributed by atoms with Gasteiger partial charge in [-0.15, -0.1) is 0 Å². The summed E-state index contributed by atoms with van der Waals surface area (Å²) < 4.78 is 0. The number of hydrogen-bond donors (Lipinski definition) is 0. The maximum atomic E-state index is 2.25. The van der Waals surface area contributed by atoms with E-state index in [2.05, 4.69) is 52.0 Å². The predicted molar refractivity (Wildman–Crippen MR) is 50.4 cm³/mol. The maximum Gasteiger partial charge on any atom is -0.0132 e. The highest BCUT2D eigenvalue weighted by Gasteiger charge is 2.16. The van der Waals surface area contributed by atoms with Crippen LogP contribution in [0, 0.1) is 5.41 Å². The van der Waals surface area contributed by atoms with Gasteiger partial charge in [-0.25, -0.2) is 0 Å². The molecular weight excluding hydrogens is 132 g/mol. The largest absolute Gasteiger partial charge is 0.0804 e. The van der Waals surface area contributed by atoms with Gasteiger partial charge in [0.25, 0.3) is 0 Å². The van der Waals surface area contributed by atoms with Crippen molar-refractivity contribution in [3.63, 3.8) is 0 Å². The minimum absolute atomic E-state index is 0.293. The van der Waals surface area contributed by atoms with Crippen molar-refractivity contribution < 1.29 is 0 Å². The molecule has 11 heavy (non-hydrogen) atoms. The standard InChI is InChI=1S/C11H16/c1-5-9-6-7-10(8-9)11(2,3)4/h5-8H,1-4H3. The Morgan fingerprint density at radius 1 is 1.18 bits per heavy atom. The Bertz CT molecular complexity index is 231. The summed E-state index contributed by atoms with van der Waals surface area (Å²) in [4.78, 5) is 0. The van der Waals surface area contributed by atoms with Gasteiger partial charge in [0, 0.05) is 0 Å². The summed E-state index contributed by atoms with van der Waals surface area (Å²) in [6.45, 7) is 8.78. The van der Waals surface area contributed by atoms with E-state index in [1.54, 1.807) is 0 Å². The summed E-state index contributed by atoms with van der Waals surface area (Å²) >= 11 is 0. The van der Waals surface area contributed by atoms with Gasteiger partial charge in [-0.05, 0) is 23.5 Å². The third kappa shape index (κ3) is 1.83. The van der Waals surface area contributed by atoms with Gasteiger partial charge in [-0.1, -0.05) is 45.1 Å². The quantitative estimate of drug-likeness (QED) is 0.493. The molecule has 0 aromatic carbocycles. The lowest BCUT2D eigenvalue weighted by Crippen LogP contribution is -2.05. The van der Waals surface area contributed by atoms with Crippen molar-refractivity contribution in [1.82, 2.24) is 0 Å². The fraction of sp³-hybridized carbons (Fsp3) is 0.455. The van der Waals surface area contributed by atoms with Crippen LogP contribution in [0.25, 0.3) is 0 Å². The molecule has 0 saturated heterocycles. The van der Waals surface area contributed by atoms with Crippen molar-refractivity contribution >= 4 is 0 Å². The van der Waals surface area contributed by atoms with Gasteiger partial charge in [-0.3, -0.25) is 0 Å². The van der Waals surface area contributed by atoms with Gasteiger partial charge in [0.1, 0.15) is 0 Å². The molecule has 0 N–H and O–H groups in total. The van der Waals surface area contributed by atoms with Crippen LogP contribution in [0.2, 0.25) is 0 Å². The fourth-order valence-corrected chi connectivity index (χ4v) is 1.11. The monoisotopic (exact) mass is 148 g/mol. The van der Waals surface area contributed by atoms with E-state index in [9.17, 15) is 0 Å². The molecule has 0 radical (unpaired) electrons. The second kappa shape index (κ2) is 2.69. The summed E-state index contributed by atoms with van der Waals surface area (Å²) in [5.41, 5.74) is 3.04. The van der Waals surface area contributed by atoms with Crippen molar-refractivity contribution in [2.24, 2.45) is 5.41 Å². The van der Waals surface area contributed by atoms with Crippen LogP contribution in [-0.2, 0) is 0 Å². The molecule has 0 spiro atoms. The van der Waals surface area contributed by atoms with Gasteiger partial charge in [-0.2, -0.15) is 0 Å². The third-order valence-corrected chi connectivity index (χ3v) is 1.98. The first-order valence-corrected chi connectivity index (χ1v) is 4.10. The lowest BCUT2D eigenvalue weighted by atomic mass is 9.87. The molecule has 0 aliphatic heterocycles. The molecule has 0 aromatic heterocycles. The molecule has 1 aliphatic rings. The van der Waals surface area contributed by atoms with Crippen LogP contribution in [-0.4, -0.2) is 0 Å². The highest BCUT2D eigenvalue weighted by atomic mass is 14.2. The Balaban J connectivity index is 2.89. The molecule has 0 heteroatoms. The van der Waals surface area contributed by atoms with E-state index in [1.807, 2.05) is 0 Å².